The number of rotatable bonds is 5. The van der Waals surface area contributed by atoms with Crippen molar-refractivity contribution < 1.29 is 19.8 Å². The molecule has 0 aliphatic heterocycles. The van der Waals surface area contributed by atoms with Gasteiger partial charge in [-0.2, -0.15) is 0 Å². The van der Waals surface area contributed by atoms with Gasteiger partial charge in [-0.3, -0.25) is 9.59 Å². The van der Waals surface area contributed by atoms with E-state index in [2.05, 4.69) is 6.92 Å². The van der Waals surface area contributed by atoms with E-state index in [1.165, 1.54) is 6.42 Å². The molecule has 0 aromatic rings. The number of hydrogen-bond acceptors (Lipinski definition) is 2. The van der Waals surface area contributed by atoms with Crippen LogP contribution >= 0.6 is 0 Å². The van der Waals surface area contributed by atoms with Gasteiger partial charge in [-0.15, -0.1) is 0 Å². The lowest BCUT2D eigenvalue weighted by molar-refractivity contribution is -0.165. The fourth-order valence-electron chi connectivity index (χ4n) is 4.55. The molecule has 0 saturated heterocycles. The molecule has 5 atom stereocenters. The van der Waals surface area contributed by atoms with E-state index in [4.69, 9.17) is 0 Å². The second-order valence-electron chi connectivity index (χ2n) is 6.57. The van der Waals surface area contributed by atoms with Crippen molar-refractivity contribution >= 4 is 11.9 Å². The fraction of sp³-hybridized carbons (Fsp3) is 0.875. The molecule has 0 heterocycles. The zero-order valence-corrected chi connectivity index (χ0v) is 12.3. The quantitative estimate of drug-likeness (QED) is 0.810. The lowest BCUT2D eigenvalue weighted by Crippen LogP contribution is -2.48. The van der Waals surface area contributed by atoms with Gasteiger partial charge >= 0.3 is 11.9 Å². The molecule has 2 aliphatic carbocycles. The number of fused-ring (bicyclic) bond motifs is 1. The molecule has 0 aromatic heterocycles. The van der Waals surface area contributed by atoms with Crippen molar-refractivity contribution in [3.8, 4) is 0 Å². The van der Waals surface area contributed by atoms with Crippen LogP contribution in [0.2, 0.25) is 0 Å². The Kier molecular flexibility index (Phi) is 5.06. The standard InChI is InChI=1S/C16H26O4/c1-2-3-6-11-9-10-7-4-5-8-12(10)14(16(19)20)13(11)15(17)18/h10-14H,2-9H2,1H3,(H,17,18)(H,19,20). The number of carbonyl (C=O) groups is 2. The van der Waals surface area contributed by atoms with Gasteiger partial charge in [-0.25, -0.2) is 0 Å². The molecule has 0 radical (unpaired) electrons. The molecule has 4 nitrogen and oxygen atoms in total. The molecule has 2 fully saturated rings. The Labute approximate surface area is 120 Å². The largest absolute Gasteiger partial charge is 0.481 e. The van der Waals surface area contributed by atoms with E-state index in [1.807, 2.05) is 0 Å². The van der Waals surface area contributed by atoms with Crippen molar-refractivity contribution in [1.82, 2.24) is 0 Å². The monoisotopic (exact) mass is 282 g/mol. The van der Waals surface area contributed by atoms with E-state index in [0.717, 1.165) is 44.9 Å². The van der Waals surface area contributed by atoms with E-state index in [1.54, 1.807) is 0 Å². The summed E-state index contributed by atoms with van der Waals surface area (Å²) < 4.78 is 0. The second kappa shape index (κ2) is 6.59. The third-order valence-electron chi connectivity index (χ3n) is 5.43. The van der Waals surface area contributed by atoms with Crippen LogP contribution in [0.15, 0.2) is 0 Å². The number of aliphatic carboxylic acids is 2. The third kappa shape index (κ3) is 2.99. The fourth-order valence-corrected chi connectivity index (χ4v) is 4.55. The van der Waals surface area contributed by atoms with Crippen molar-refractivity contribution in [2.75, 3.05) is 0 Å². The highest BCUT2D eigenvalue weighted by molar-refractivity contribution is 5.80. The van der Waals surface area contributed by atoms with Gasteiger partial charge in [0.2, 0.25) is 0 Å². The summed E-state index contributed by atoms with van der Waals surface area (Å²) in [6, 6.07) is 0. The summed E-state index contributed by atoms with van der Waals surface area (Å²) in [5, 5.41) is 19.1. The number of hydrogen-bond donors (Lipinski definition) is 2. The summed E-state index contributed by atoms with van der Waals surface area (Å²) in [5.41, 5.74) is 0. The number of carboxylic acid groups (broad SMARTS) is 2. The normalized spacial score (nSPS) is 37.1. The first-order valence-corrected chi connectivity index (χ1v) is 8.01. The van der Waals surface area contributed by atoms with E-state index < -0.39 is 23.8 Å². The van der Waals surface area contributed by atoms with Crippen LogP contribution in [0.5, 0.6) is 0 Å². The highest BCUT2D eigenvalue weighted by atomic mass is 16.4. The molecule has 5 unspecified atom stereocenters. The smallest absolute Gasteiger partial charge is 0.307 e. The van der Waals surface area contributed by atoms with Crippen molar-refractivity contribution in [2.45, 2.75) is 58.3 Å². The lowest BCUT2D eigenvalue weighted by atomic mass is 9.57. The summed E-state index contributed by atoms with van der Waals surface area (Å²) in [6.45, 7) is 2.09. The van der Waals surface area contributed by atoms with Gasteiger partial charge in [-0.05, 0) is 37.0 Å². The molecular formula is C16H26O4. The van der Waals surface area contributed by atoms with Gasteiger partial charge in [0.05, 0.1) is 11.8 Å². The molecule has 20 heavy (non-hydrogen) atoms. The molecule has 0 bridgehead atoms. The molecule has 2 saturated carbocycles. The van der Waals surface area contributed by atoms with Crippen LogP contribution in [0.3, 0.4) is 0 Å². The predicted molar refractivity (Wildman–Crippen MR) is 75.3 cm³/mol. The molecule has 0 spiro atoms. The van der Waals surface area contributed by atoms with Crippen LogP contribution in [0.25, 0.3) is 0 Å². The SMILES string of the molecule is CCCCC1CC2CCCCC2C(C(=O)O)C1C(=O)O. The van der Waals surface area contributed by atoms with Gasteiger partial charge in [0.1, 0.15) is 0 Å². The van der Waals surface area contributed by atoms with Crippen LogP contribution in [0.4, 0.5) is 0 Å². The molecule has 2 rings (SSSR count). The van der Waals surface area contributed by atoms with E-state index in [0.29, 0.717) is 5.92 Å². The average molecular weight is 282 g/mol. The Balaban J connectivity index is 2.24. The molecule has 4 heteroatoms. The highest BCUT2D eigenvalue weighted by Crippen LogP contribution is 2.50. The molecule has 114 valence electrons. The van der Waals surface area contributed by atoms with E-state index >= 15 is 0 Å². The van der Waals surface area contributed by atoms with Crippen molar-refractivity contribution in [3.63, 3.8) is 0 Å². The van der Waals surface area contributed by atoms with Gasteiger partial charge < -0.3 is 10.2 Å². The van der Waals surface area contributed by atoms with Gasteiger partial charge in [-0.1, -0.05) is 39.0 Å². The predicted octanol–water partition coefficient (Wildman–Crippen LogP) is 3.40. The lowest BCUT2D eigenvalue weighted by Gasteiger charge is -2.46. The highest BCUT2D eigenvalue weighted by Gasteiger charge is 2.51. The molecule has 2 aliphatic rings. The first-order chi connectivity index (χ1) is 9.56. The minimum atomic E-state index is -0.900. The van der Waals surface area contributed by atoms with Gasteiger partial charge in [0.25, 0.3) is 0 Å². The Bertz CT molecular complexity index is 365. The summed E-state index contributed by atoms with van der Waals surface area (Å²) in [5.74, 6) is -2.58. The minimum absolute atomic E-state index is 0.0490. The maximum absolute atomic E-state index is 11.7. The molecular weight excluding hydrogens is 256 g/mol. The first-order valence-electron chi connectivity index (χ1n) is 8.01. The average Bonchev–Trinajstić information content (AvgIpc) is 2.42. The first kappa shape index (κ1) is 15.3. The number of carboxylic acids is 2. The van der Waals surface area contributed by atoms with Crippen LogP contribution in [-0.4, -0.2) is 22.2 Å². The molecule has 2 N–H and O–H groups in total. The maximum Gasteiger partial charge on any atom is 0.307 e. The van der Waals surface area contributed by atoms with Gasteiger partial charge in [0.15, 0.2) is 0 Å². The van der Waals surface area contributed by atoms with Crippen molar-refractivity contribution in [2.24, 2.45) is 29.6 Å². The van der Waals surface area contributed by atoms with Crippen LogP contribution in [-0.2, 0) is 9.59 Å². The second-order valence-corrected chi connectivity index (χ2v) is 6.57. The van der Waals surface area contributed by atoms with E-state index in [9.17, 15) is 19.8 Å². The maximum atomic E-state index is 11.7. The van der Waals surface area contributed by atoms with E-state index in [-0.39, 0.29) is 11.8 Å². The Morgan fingerprint density at radius 1 is 1.05 bits per heavy atom. The zero-order valence-electron chi connectivity index (χ0n) is 12.3. The summed E-state index contributed by atoms with van der Waals surface area (Å²) in [7, 11) is 0. The number of unbranched alkanes of at least 4 members (excludes halogenated alkanes) is 1. The van der Waals surface area contributed by atoms with Gasteiger partial charge in [0, 0.05) is 0 Å². The van der Waals surface area contributed by atoms with Crippen LogP contribution in [0.1, 0.15) is 58.3 Å². The molecule has 0 aromatic carbocycles. The zero-order chi connectivity index (χ0) is 14.7. The van der Waals surface area contributed by atoms with Crippen molar-refractivity contribution in [3.05, 3.63) is 0 Å². The summed E-state index contributed by atoms with van der Waals surface area (Å²) in [6.07, 6.45) is 8.02. The van der Waals surface area contributed by atoms with Crippen molar-refractivity contribution in [1.29, 1.82) is 0 Å². The Morgan fingerprint density at radius 3 is 2.30 bits per heavy atom. The van der Waals surface area contributed by atoms with Crippen LogP contribution in [0, 0.1) is 29.6 Å². The third-order valence-corrected chi connectivity index (χ3v) is 5.43. The summed E-state index contributed by atoms with van der Waals surface area (Å²) >= 11 is 0. The van der Waals surface area contributed by atoms with Crippen LogP contribution < -0.4 is 0 Å². The summed E-state index contributed by atoms with van der Waals surface area (Å²) in [4.78, 5) is 23.3. The topological polar surface area (TPSA) is 74.6 Å². The minimum Gasteiger partial charge on any atom is -0.481 e. The molecule has 0 amide bonds. The Morgan fingerprint density at radius 2 is 1.70 bits per heavy atom. The Hall–Kier alpha value is -1.06.